The molecule has 2 aromatic carbocycles. The summed E-state index contributed by atoms with van der Waals surface area (Å²) >= 11 is 0. The van der Waals surface area contributed by atoms with Gasteiger partial charge in [0.1, 0.15) is 6.33 Å². The highest BCUT2D eigenvalue weighted by Gasteiger charge is 2.31. The van der Waals surface area contributed by atoms with Gasteiger partial charge in [0.15, 0.2) is 0 Å². The first-order chi connectivity index (χ1) is 12.6. The van der Waals surface area contributed by atoms with Crippen LogP contribution in [0.15, 0.2) is 54.9 Å². The molecule has 130 valence electrons. The van der Waals surface area contributed by atoms with Crippen LogP contribution in [0.2, 0.25) is 0 Å². The third kappa shape index (κ3) is 2.83. The molecule has 0 radical (unpaired) electrons. The number of nitrogens with one attached hydrogen (secondary N) is 1. The fourth-order valence-corrected chi connectivity index (χ4v) is 3.16. The zero-order chi connectivity index (χ0) is 18.1. The fourth-order valence-electron chi connectivity index (χ4n) is 3.16. The average molecular weight is 347 g/mol. The second-order valence-electron chi connectivity index (χ2n) is 6.17. The number of benzene rings is 2. The summed E-state index contributed by atoms with van der Waals surface area (Å²) in [6.45, 7) is 2.64. The number of nitrogens with zero attached hydrogens (tertiary/aromatic N) is 4. The molecule has 2 heterocycles. The minimum Gasteiger partial charge on any atom is -0.334 e. The Morgan fingerprint density at radius 1 is 1.12 bits per heavy atom. The van der Waals surface area contributed by atoms with E-state index in [9.17, 15) is 10.1 Å². The standard InChI is InChI=1S/C19H17N5O2/c1-13-6-8-15(9-7-13)22-18-17(24(25)26)19(21-12-20-18)23-11-10-14-4-2-3-5-16(14)23/h2-9,12H,10-11H2,1H3,(H,20,21,22). The third-order valence-electron chi connectivity index (χ3n) is 4.44. The lowest BCUT2D eigenvalue weighted by atomic mass is 10.2. The van der Waals surface area contributed by atoms with Crippen LogP contribution >= 0.6 is 0 Å². The number of hydrogen-bond donors (Lipinski definition) is 1. The Morgan fingerprint density at radius 2 is 1.88 bits per heavy atom. The van der Waals surface area contributed by atoms with Gasteiger partial charge in [-0.25, -0.2) is 9.97 Å². The van der Waals surface area contributed by atoms with E-state index in [-0.39, 0.29) is 11.5 Å². The SMILES string of the molecule is Cc1ccc(Nc2ncnc(N3CCc4ccccc43)c2[N+](=O)[O-])cc1. The Bertz CT molecular complexity index is 972. The molecule has 1 aliphatic rings. The molecule has 1 aromatic heterocycles. The molecule has 0 saturated carbocycles. The summed E-state index contributed by atoms with van der Waals surface area (Å²) in [5.74, 6) is 0.498. The first-order valence-corrected chi connectivity index (χ1v) is 8.32. The molecular weight excluding hydrogens is 330 g/mol. The van der Waals surface area contributed by atoms with Gasteiger partial charge in [-0.2, -0.15) is 0 Å². The number of hydrogen-bond acceptors (Lipinski definition) is 6. The summed E-state index contributed by atoms with van der Waals surface area (Å²) in [7, 11) is 0. The quantitative estimate of drug-likeness (QED) is 0.564. The topological polar surface area (TPSA) is 84.2 Å². The highest BCUT2D eigenvalue weighted by molar-refractivity contribution is 5.80. The molecule has 0 spiro atoms. The van der Waals surface area contributed by atoms with Gasteiger partial charge in [0.05, 0.1) is 4.92 Å². The van der Waals surface area contributed by atoms with E-state index < -0.39 is 4.92 Å². The lowest BCUT2D eigenvalue weighted by Gasteiger charge is -2.19. The number of anilines is 4. The van der Waals surface area contributed by atoms with Crippen LogP contribution < -0.4 is 10.2 Å². The number of para-hydroxylation sites is 1. The first kappa shape index (κ1) is 16.0. The molecular formula is C19H17N5O2. The Kier molecular flexibility index (Phi) is 3.96. The van der Waals surface area contributed by atoms with E-state index in [0.717, 1.165) is 28.9 Å². The van der Waals surface area contributed by atoms with Crippen LogP contribution in [0.25, 0.3) is 0 Å². The normalized spacial score (nSPS) is 12.7. The van der Waals surface area contributed by atoms with E-state index in [1.807, 2.05) is 60.4 Å². The van der Waals surface area contributed by atoms with Crippen LogP contribution in [0.3, 0.4) is 0 Å². The zero-order valence-corrected chi connectivity index (χ0v) is 14.2. The molecule has 0 fully saturated rings. The Hall–Kier alpha value is -3.48. The lowest BCUT2D eigenvalue weighted by Crippen LogP contribution is -2.17. The number of fused-ring (bicyclic) bond motifs is 1. The zero-order valence-electron chi connectivity index (χ0n) is 14.2. The molecule has 0 saturated heterocycles. The van der Waals surface area contributed by atoms with E-state index in [1.165, 1.54) is 6.33 Å². The smallest absolute Gasteiger partial charge is 0.334 e. The lowest BCUT2D eigenvalue weighted by molar-refractivity contribution is -0.383. The van der Waals surface area contributed by atoms with Crippen LogP contribution in [-0.2, 0) is 6.42 Å². The van der Waals surface area contributed by atoms with E-state index in [1.54, 1.807) is 0 Å². The highest BCUT2D eigenvalue weighted by Crippen LogP contribution is 2.40. The minimum absolute atomic E-state index is 0.121. The summed E-state index contributed by atoms with van der Waals surface area (Å²) in [5, 5.41) is 14.9. The Morgan fingerprint density at radius 3 is 2.65 bits per heavy atom. The van der Waals surface area contributed by atoms with Gasteiger partial charge in [-0.3, -0.25) is 10.1 Å². The fraction of sp³-hybridized carbons (Fsp3) is 0.158. The average Bonchev–Trinajstić information content (AvgIpc) is 3.07. The molecule has 0 atom stereocenters. The molecule has 0 aliphatic carbocycles. The second kappa shape index (κ2) is 6.44. The van der Waals surface area contributed by atoms with E-state index in [0.29, 0.717) is 12.4 Å². The molecule has 4 rings (SSSR count). The Labute approximate surface area is 150 Å². The van der Waals surface area contributed by atoms with Crippen LogP contribution in [0.1, 0.15) is 11.1 Å². The van der Waals surface area contributed by atoms with Crippen LogP contribution in [0.5, 0.6) is 0 Å². The molecule has 0 amide bonds. The molecule has 0 bridgehead atoms. The third-order valence-corrected chi connectivity index (χ3v) is 4.44. The van der Waals surface area contributed by atoms with Gasteiger partial charge in [0, 0.05) is 17.9 Å². The first-order valence-electron chi connectivity index (χ1n) is 8.32. The number of rotatable bonds is 4. The number of aryl methyl sites for hydroxylation is 1. The second-order valence-corrected chi connectivity index (χ2v) is 6.17. The van der Waals surface area contributed by atoms with Crippen LogP contribution in [-0.4, -0.2) is 21.4 Å². The van der Waals surface area contributed by atoms with E-state index in [2.05, 4.69) is 15.3 Å². The van der Waals surface area contributed by atoms with Crippen molar-refractivity contribution in [3.05, 3.63) is 76.1 Å². The van der Waals surface area contributed by atoms with E-state index >= 15 is 0 Å². The molecule has 3 aromatic rings. The number of nitro groups is 1. The van der Waals surface area contributed by atoms with Crippen molar-refractivity contribution in [1.29, 1.82) is 0 Å². The monoisotopic (exact) mass is 347 g/mol. The summed E-state index contributed by atoms with van der Waals surface area (Å²) in [5.41, 5.74) is 3.85. The van der Waals surface area contributed by atoms with Crippen molar-refractivity contribution in [2.24, 2.45) is 0 Å². The predicted molar refractivity (Wildman–Crippen MR) is 100 cm³/mol. The van der Waals surface area contributed by atoms with Crippen molar-refractivity contribution in [2.45, 2.75) is 13.3 Å². The molecule has 1 aliphatic heterocycles. The molecule has 1 N–H and O–H groups in total. The van der Waals surface area contributed by atoms with Crippen molar-refractivity contribution in [3.8, 4) is 0 Å². The van der Waals surface area contributed by atoms with Gasteiger partial charge in [0.25, 0.3) is 0 Å². The summed E-state index contributed by atoms with van der Waals surface area (Å²) in [4.78, 5) is 21.6. The van der Waals surface area contributed by atoms with Gasteiger partial charge in [-0.05, 0) is 37.1 Å². The van der Waals surface area contributed by atoms with Crippen LogP contribution in [0, 0.1) is 17.0 Å². The van der Waals surface area contributed by atoms with Crippen molar-refractivity contribution < 1.29 is 4.92 Å². The summed E-state index contributed by atoms with van der Waals surface area (Å²) in [6, 6.07) is 15.5. The van der Waals surface area contributed by atoms with Crippen LogP contribution in [0.4, 0.5) is 28.7 Å². The molecule has 0 unspecified atom stereocenters. The molecule has 7 heteroatoms. The maximum atomic E-state index is 11.8. The largest absolute Gasteiger partial charge is 0.354 e. The van der Waals surface area contributed by atoms with Gasteiger partial charge < -0.3 is 10.2 Å². The maximum absolute atomic E-state index is 11.8. The van der Waals surface area contributed by atoms with Gasteiger partial charge in [0.2, 0.25) is 11.6 Å². The summed E-state index contributed by atoms with van der Waals surface area (Å²) < 4.78 is 0. The van der Waals surface area contributed by atoms with Crippen molar-refractivity contribution in [1.82, 2.24) is 9.97 Å². The summed E-state index contributed by atoms with van der Waals surface area (Å²) in [6.07, 6.45) is 2.19. The van der Waals surface area contributed by atoms with Crippen molar-refractivity contribution in [2.75, 3.05) is 16.8 Å². The maximum Gasteiger partial charge on any atom is 0.354 e. The van der Waals surface area contributed by atoms with E-state index in [4.69, 9.17) is 0 Å². The highest BCUT2D eigenvalue weighted by atomic mass is 16.6. The van der Waals surface area contributed by atoms with Gasteiger partial charge >= 0.3 is 5.69 Å². The van der Waals surface area contributed by atoms with Gasteiger partial charge in [-0.1, -0.05) is 35.9 Å². The van der Waals surface area contributed by atoms with Crippen molar-refractivity contribution >= 4 is 28.7 Å². The molecule has 7 nitrogen and oxygen atoms in total. The van der Waals surface area contributed by atoms with Crippen molar-refractivity contribution in [3.63, 3.8) is 0 Å². The molecule has 26 heavy (non-hydrogen) atoms. The van der Waals surface area contributed by atoms with Gasteiger partial charge in [-0.15, -0.1) is 0 Å². The Balaban J connectivity index is 1.77. The minimum atomic E-state index is -0.424. The predicted octanol–water partition coefficient (Wildman–Crippen LogP) is 4.13. The number of aromatic nitrogens is 2.